The Labute approximate surface area is 127 Å². The Bertz CT molecular complexity index is 474. The molecule has 1 aliphatic rings. The summed E-state index contributed by atoms with van der Waals surface area (Å²) in [4.78, 5) is 13.6. The van der Waals surface area contributed by atoms with Crippen LogP contribution in [-0.2, 0) is 17.6 Å². The topological polar surface area (TPSA) is 55.6 Å². The zero-order valence-electron chi connectivity index (χ0n) is 12.9. The van der Waals surface area contributed by atoms with E-state index in [1.807, 2.05) is 13.1 Å². The predicted octanol–water partition coefficient (Wildman–Crippen LogP) is 2.14. The number of nitrogens with zero attached hydrogens (tertiary/aromatic N) is 1. The SMILES string of the molecule is CN(CCCN)C(=O)CCOc1ccc2c(c1)CCCC2. The molecule has 0 radical (unpaired) electrons. The van der Waals surface area contributed by atoms with E-state index in [4.69, 9.17) is 10.5 Å². The summed E-state index contributed by atoms with van der Waals surface area (Å²) in [5, 5.41) is 0. The molecule has 21 heavy (non-hydrogen) atoms. The van der Waals surface area contributed by atoms with Crippen LogP contribution >= 0.6 is 0 Å². The van der Waals surface area contributed by atoms with Gasteiger partial charge in [0, 0.05) is 13.6 Å². The third-order valence-electron chi connectivity index (χ3n) is 4.03. The van der Waals surface area contributed by atoms with E-state index in [1.165, 1.54) is 30.4 Å². The number of fused-ring (bicyclic) bond motifs is 1. The fourth-order valence-corrected chi connectivity index (χ4v) is 2.70. The summed E-state index contributed by atoms with van der Waals surface area (Å²) in [5.41, 5.74) is 8.30. The molecule has 0 atom stereocenters. The molecule has 0 saturated heterocycles. The largest absolute Gasteiger partial charge is 0.493 e. The molecule has 0 aromatic heterocycles. The summed E-state index contributed by atoms with van der Waals surface area (Å²) in [5.74, 6) is 0.995. The van der Waals surface area contributed by atoms with Crippen LogP contribution < -0.4 is 10.5 Å². The minimum atomic E-state index is 0.112. The summed E-state index contributed by atoms with van der Waals surface area (Å²) >= 11 is 0. The molecule has 0 bridgehead atoms. The first-order valence-electron chi connectivity index (χ1n) is 7.89. The van der Waals surface area contributed by atoms with Crippen LogP contribution in [0.15, 0.2) is 18.2 Å². The second-order valence-corrected chi connectivity index (χ2v) is 5.69. The maximum absolute atomic E-state index is 11.9. The molecule has 4 nitrogen and oxygen atoms in total. The average Bonchev–Trinajstić information content (AvgIpc) is 2.52. The first kappa shape index (κ1) is 15.8. The van der Waals surface area contributed by atoms with Crippen LogP contribution in [0.3, 0.4) is 0 Å². The van der Waals surface area contributed by atoms with E-state index in [1.54, 1.807) is 4.90 Å². The molecule has 0 fully saturated rings. The molecule has 1 aliphatic carbocycles. The quantitative estimate of drug-likeness (QED) is 0.837. The van der Waals surface area contributed by atoms with Gasteiger partial charge in [-0.25, -0.2) is 0 Å². The number of amides is 1. The van der Waals surface area contributed by atoms with Gasteiger partial charge in [-0.2, -0.15) is 0 Å². The average molecular weight is 290 g/mol. The molecule has 0 heterocycles. The molecule has 1 amide bonds. The van der Waals surface area contributed by atoms with Crippen LogP contribution in [0.4, 0.5) is 0 Å². The smallest absolute Gasteiger partial charge is 0.225 e. The zero-order chi connectivity index (χ0) is 15.1. The minimum Gasteiger partial charge on any atom is -0.493 e. The molecular weight excluding hydrogens is 264 g/mol. The Morgan fingerprint density at radius 2 is 2.05 bits per heavy atom. The van der Waals surface area contributed by atoms with Crippen molar-refractivity contribution in [2.24, 2.45) is 5.73 Å². The van der Waals surface area contributed by atoms with E-state index < -0.39 is 0 Å². The van der Waals surface area contributed by atoms with Crippen molar-refractivity contribution in [2.45, 2.75) is 38.5 Å². The molecule has 4 heteroatoms. The van der Waals surface area contributed by atoms with Crippen LogP contribution in [0.5, 0.6) is 5.75 Å². The van der Waals surface area contributed by atoms with Crippen molar-refractivity contribution in [1.29, 1.82) is 0 Å². The molecule has 116 valence electrons. The third-order valence-corrected chi connectivity index (χ3v) is 4.03. The summed E-state index contributed by atoms with van der Waals surface area (Å²) in [6.45, 7) is 1.77. The Balaban J connectivity index is 1.77. The number of nitrogens with two attached hydrogens (primary N) is 1. The van der Waals surface area contributed by atoms with Crippen LogP contribution in [-0.4, -0.2) is 37.6 Å². The minimum absolute atomic E-state index is 0.112. The van der Waals surface area contributed by atoms with Crippen LogP contribution in [0, 0.1) is 0 Å². The summed E-state index contributed by atoms with van der Waals surface area (Å²) in [6, 6.07) is 6.32. The van der Waals surface area contributed by atoms with E-state index in [9.17, 15) is 4.79 Å². The number of hydrogen-bond donors (Lipinski definition) is 1. The van der Waals surface area contributed by atoms with Gasteiger partial charge in [-0.15, -0.1) is 0 Å². The monoisotopic (exact) mass is 290 g/mol. The number of benzene rings is 1. The van der Waals surface area contributed by atoms with Crippen LogP contribution in [0.25, 0.3) is 0 Å². The van der Waals surface area contributed by atoms with Crippen molar-refractivity contribution >= 4 is 5.91 Å². The van der Waals surface area contributed by atoms with Crippen molar-refractivity contribution in [1.82, 2.24) is 4.90 Å². The predicted molar refractivity (Wildman–Crippen MR) is 84.5 cm³/mol. The van der Waals surface area contributed by atoms with Gasteiger partial charge in [0.1, 0.15) is 5.75 Å². The van der Waals surface area contributed by atoms with E-state index >= 15 is 0 Å². The zero-order valence-corrected chi connectivity index (χ0v) is 12.9. The van der Waals surface area contributed by atoms with Crippen molar-refractivity contribution in [3.8, 4) is 5.75 Å². The number of aryl methyl sites for hydroxylation is 2. The van der Waals surface area contributed by atoms with Gasteiger partial charge in [-0.05, 0) is 61.9 Å². The first-order chi connectivity index (χ1) is 10.2. The lowest BCUT2D eigenvalue weighted by atomic mass is 9.92. The number of ether oxygens (including phenoxy) is 1. The summed E-state index contributed by atoms with van der Waals surface area (Å²) < 4.78 is 5.73. The van der Waals surface area contributed by atoms with Gasteiger partial charge in [-0.3, -0.25) is 4.79 Å². The molecule has 0 saturated carbocycles. The van der Waals surface area contributed by atoms with Crippen LogP contribution in [0.2, 0.25) is 0 Å². The molecule has 0 aliphatic heterocycles. The van der Waals surface area contributed by atoms with Crippen molar-refractivity contribution in [3.05, 3.63) is 29.3 Å². The van der Waals surface area contributed by atoms with Gasteiger partial charge < -0.3 is 15.4 Å². The Morgan fingerprint density at radius 3 is 2.81 bits per heavy atom. The van der Waals surface area contributed by atoms with Gasteiger partial charge in [-0.1, -0.05) is 6.07 Å². The highest BCUT2D eigenvalue weighted by atomic mass is 16.5. The van der Waals surface area contributed by atoms with Gasteiger partial charge in [0.2, 0.25) is 5.91 Å². The van der Waals surface area contributed by atoms with Crippen LogP contribution in [0.1, 0.15) is 36.8 Å². The van der Waals surface area contributed by atoms with E-state index in [-0.39, 0.29) is 5.91 Å². The molecule has 2 N–H and O–H groups in total. The Hall–Kier alpha value is -1.55. The fraction of sp³-hybridized carbons (Fsp3) is 0.588. The lowest BCUT2D eigenvalue weighted by Crippen LogP contribution is -2.30. The van der Waals surface area contributed by atoms with Crippen molar-refractivity contribution in [3.63, 3.8) is 0 Å². The van der Waals surface area contributed by atoms with Crippen molar-refractivity contribution < 1.29 is 9.53 Å². The highest BCUT2D eigenvalue weighted by molar-refractivity contribution is 5.75. The lowest BCUT2D eigenvalue weighted by molar-refractivity contribution is -0.130. The maximum atomic E-state index is 11.9. The van der Waals surface area contributed by atoms with Gasteiger partial charge in [0.15, 0.2) is 0 Å². The van der Waals surface area contributed by atoms with E-state index in [2.05, 4.69) is 12.1 Å². The molecule has 0 unspecified atom stereocenters. The third kappa shape index (κ3) is 4.74. The molecule has 0 spiro atoms. The Morgan fingerprint density at radius 1 is 1.29 bits per heavy atom. The fourth-order valence-electron chi connectivity index (χ4n) is 2.70. The molecular formula is C17H26N2O2. The number of hydrogen-bond acceptors (Lipinski definition) is 3. The molecule has 1 aromatic rings. The maximum Gasteiger partial charge on any atom is 0.225 e. The summed E-state index contributed by atoms with van der Waals surface area (Å²) in [6.07, 6.45) is 6.14. The number of rotatable bonds is 7. The first-order valence-corrected chi connectivity index (χ1v) is 7.89. The lowest BCUT2D eigenvalue weighted by Gasteiger charge is -2.18. The standard InChI is InChI=1S/C17H26N2O2/c1-19(11-4-10-18)17(20)9-12-21-16-8-7-14-5-2-3-6-15(14)13-16/h7-8,13H,2-6,9-12,18H2,1H3. The second kappa shape index (κ2) is 8.03. The second-order valence-electron chi connectivity index (χ2n) is 5.69. The summed E-state index contributed by atoms with van der Waals surface area (Å²) in [7, 11) is 1.82. The van der Waals surface area contributed by atoms with Gasteiger partial charge in [0.05, 0.1) is 13.0 Å². The molecule has 1 aromatic carbocycles. The molecule has 2 rings (SSSR count). The van der Waals surface area contributed by atoms with Gasteiger partial charge >= 0.3 is 0 Å². The number of carbonyl (C=O) groups is 1. The Kier molecular flexibility index (Phi) is 6.05. The van der Waals surface area contributed by atoms with E-state index in [0.29, 0.717) is 26.1 Å². The van der Waals surface area contributed by atoms with E-state index in [0.717, 1.165) is 18.6 Å². The van der Waals surface area contributed by atoms with Gasteiger partial charge in [0.25, 0.3) is 0 Å². The normalized spacial score (nSPS) is 13.6. The van der Waals surface area contributed by atoms with Crippen molar-refractivity contribution in [2.75, 3.05) is 26.7 Å². The number of carbonyl (C=O) groups excluding carboxylic acids is 1. The highest BCUT2D eigenvalue weighted by Gasteiger charge is 2.11. The highest BCUT2D eigenvalue weighted by Crippen LogP contribution is 2.25.